The van der Waals surface area contributed by atoms with Crippen molar-refractivity contribution >= 4 is 23.2 Å². The van der Waals surface area contributed by atoms with Crippen molar-refractivity contribution in [3.8, 4) is 0 Å². The molecule has 2 rings (SSSR count). The number of rotatable bonds is 7. The lowest BCUT2D eigenvalue weighted by Gasteiger charge is -2.17. The van der Waals surface area contributed by atoms with E-state index in [1.54, 1.807) is 26.0 Å². The normalized spacial score (nSPS) is 12.6. The van der Waals surface area contributed by atoms with E-state index in [9.17, 15) is 4.79 Å². The molecule has 1 heterocycles. The van der Waals surface area contributed by atoms with Crippen LogP contribution in [0.5, 0.6) is 0 Å². The highest BCUT2D eigenvalue weighted by Gasteiger charge is 2.09. The zero-order valence-corrected chi connectivity index (χ0v) is 17.7. The van der Waals surface area contributed by atoms with E-state index in [1.807, 2.05) is 35.6 Å². The number of nitrogens with one attached hydrogen (secondary N) is 2. The van der Waals surface area contributed by atoms with E-state index in [4.69, 9.17) is 0 Å². The van der Waals surface area contributed by atoms with Gasteiger partial charge in [-0.05, 0) is 50.1 Å². The number of hydrogen-bond acceptors (Lipinski definition) is 3. The van der Waals surface area contributed by atoms with Crippen LogP contribution in [-0.2, 0) is 12.8 Å². The molecule has 0 spiro atoms. The summed E-state index contributed by atoms with van der Waals surface area (Å²) in [4.78, 5) is 20.7. The molecule has 2 aromatic rings. The molecular formula is C21H30N4OS. The molecule has 1 atom stereocenters. The van der Waals surface area contributed by atoms with Crippen LogP contribution in [0.2, 0.25) is 0 Å². The Bertz CT molecular complexity index is 782. The molecule has 0 saturated carbocycles. The minimum absolute atomic E-state index is 0.0277. The molecule has 0 saturated heterocycles. The lowest BCUT2D eigenvalue weighted by atomic mass is 10.1. The van der Waals surface area contributed by atoms with Crippen LogP contribution in [0, 0.1) is 6.92 Å². The van der Waals surface area contributed by atoms with E-state index in [2.05, 4.69) is 41.6 Å². The lowest BCUT2D eigenvalue weighted by Crippen LogP contribution is -2.43. The Labute approximate surface area is 166 Å². The van der Waals surface area contributed by atoms with Crippen molar-refractivity contribution < 1.29 is 4.79 Å². The minimum atomic E-state index is 0.0277. The number of benzene rings is 1. The molecule has 1 aromatic carbocycles. The monoisotopic (exact) mass is 386 g/mol. The molecule has 1 unspecified atom stereocenters. The molecule has 0 aliphatic rings. The molecule has 0 fully saturated rings. The number of aryl methyl sites for hydroxylation is 1. The van der Waals surface area contributed by atoms with E-state index in [0.717, 1.165) is 36.5 Å². The highest BCUT2D eigenvalue weighted by molar-refractivity contribution is 7.11. The topological polar surface area (TPSA) is 56.7 Å². The van der Waals surface area contributed by atoms with Gasteiger partial charge < -0.3 is 15.5 Å². The molecule has 0 aliphatic heterocycles. The van der Waals surface area contributed by atoms with Crippen molar-refractivity contribution in [1.82, 2.24) is 15.5 Å². The van der Waals surface area contributed by atoms with Crippen LogP contribution in [0.1, 0.15) is 32.6 Å². The SMILES string of the molecule is CN=C(NCCc1cccc(C(=O)N(C)C)c1)NC(C)Cc1ccc(C)s1. The highest BCUT2D eigenvalue weighted by Crippen LogP contribution is 2.16. The lowest BCUT2D eigenvalue weighted by molar-refractivity contribution is 0.0827. The van der Waals surface area contributed by atoms with Crippen molar-refractivity contribution in [2.24, 2.45) is 4.99 Å². The Morgan fingerprint density at radius 2 is 2.04 bits per heavy atom. The Hall–Kier alpha value is -2.34. The van der Waals surface area contributed by atoms with Gasteiger partial charge in [-0.2, -0.15) is 0 Å². The maximum absolute atomic E-state index is 12.1. The molecule has 2 N–H and O–H groups in total. The third-order valence-corrected chi connectivity index (χ3v) is 5.22. The number of hydrogen-bond donors (Lipinski definition) is 2. The van der Waals surface area contributed by atoms with Gasteiger partial charge in [0.05, 0.1) is 0 Å². The van der Waals surface area contributed by atoms with Gasteiger partial charge in [0.25, 0.3) is 5.91 Å². The van der Waals surface area contributed by atoms with Crippen molar-refractivity contribution in [1.29, 1.82) is 0 Å². The van der Waals surface area contributed by atoms with Crippen LogP contribution in [0.4, 0.5) is 0 Å². The first-order chi connectivity index (χ1) is 12.9. The van der Waals surface area contributed by atoms with E-state index < -0.39 is 0 Å². The Morgan fingerprint density at radius 1 is 1.26 bits per heavy atom. The van der Waals surface area contributed by atoms with Gasteiger partial charge in [0, 0.05) is 55.5 Å². The largest absolute Gasteiger partial charge is 0.356 e. The third kappa shape index (κ3) is 6.71. The number of guanidine groups is 1. The fourth-order valence-electron chi connectivity index (χ4n) is 2.82. The summed E-state index contributed by atoms with van der Waals surface area (Å²) in [6.45, 7) is 5.05. The molecule has 6 heteroatoms. The molecule has 27 heavy (non-hydrogen) atoms. The molecular weight excluding hydrogens is 356 g/mol. The summed E-state index contributed by atoms with van der Waals surface area (Å²) in [5.41, 5.74) is 1.85. The fraction of sp³-hybridized carbons (Fsp3) is 0.429. The quantitative estimate of drug-likeness (QED) is 0.568. The van der Waals surface area contributed by atoms with Gasteiger partial charge in [0.2, 0.25) is 0 Å². The van der Waals surface area contributed by atoms with Gasteiger partial charge in [-0.15, -0.1) is 11.3 Å². The van der Waals surface area contributed by atoms with Crippen molar-refractivity contribution in [3.05, 3.63) is 57.3 Å². The summed E-state index contributed by atoms with van der Waals surface area (Å²) in [5, 5.41) is 6.80. The second-order valence-corrected chi connectivity index (χ2v) is 8.28. The molecule has 146 valence electrons. The minimum Gasteiger partial charge on any atom is -0.356 e. The zero-order valence-electron chi connectivity index (χ0n) is 16.9. The predicted molar refractivity (Wildman–Crippen MR) is 115 cm³/mol. The summed E-state index contributed by atoms with van der Waals surface area (Å²) >= 11 is 1.84. The average Bonchev–Trinajstić information content (AvgIpc) is 3.04. The van der Waals surface area contributed by atoms with Crippen LogP contribution in [-0.4, -0.2) is 50.5 Å². The first-order valence-corrected chi connectivity index (χ1v) is 10.0. The van der Waals surface area contributed by atoms with Crippen LogP contribution < -0.4 is 10.6 Å². The van der Waals surface area contributed by atoms with Gasteiger partial charge in [0.15, 0.2) is 5.96 Å². The van der Waals surface area contributed by atoms with Crippen LogP contribution in [0.3, 0.4) is 0 Å². The Morgan fingerprint density at radius 3 is 2.67 bits per heavy atom. The smallest absolute Gasteiger partial charge is 0.253 e. The third-order valence-electron chi connectivity index (χ3n) is 4.20. The highest BCUT2D eigenvalue weighted by atomic mass is 32.1. The summed E-state index contributed by atoms with van der Waals surface area (Å²) in [5.74, 6) is 0.830. The molecule has 0 aliphatic carbocycles. The average molecular weight is 387 g/mol. The van der Waals surface area contributed by atoms with Crippen LogP contribution in [0.15, 0.2) is 41.4 Å². The van der Waals surface area contributed by atoms with Crippen molar-refractivity contribution in [3.63, 3.8) is 0 Å². The maximum Gasteiger partial charge on any atom is 0.253 e. The van der Waals surface area contributed by atoms with Gasteiger partial charge in [-0.25, -0.2) is 0 Å². The van der Waals surface area contributed by atoms with Gasteiger partial charge in [0.1, 0.15) is 0 Å². The number of carbonyl (C=O) groups excluding carboxylic acids is 1. The Balaban J connectivity index is 1.82. The fourth-order valence-corrected chi connectivity index (χ4v) is 3.84. The predicted octanol–water partition coefficient (Wildman–Crippen LogP) is 3.10. The maximum atomic E-state index is 12.1. The van der Waals surface area contributed by atoms with Crippen LogP contribution >= 0.6 is 11.3 Å². The number of aliphatic imine (C=N–C) groups is 1. The van der Waals surface area contributed by atoms with E-state index >= 15 is 0 Å². The summed E-state index contributed by atoms with van der Waals surface area (Å²) in [6.07, 6.45) is 1.81. The molecule has 1 amide bonds. The summed E-state index contributed by atoms with van der Waals surface area (Å²) < 4.78 is 0. The molecule has 5 nitrogen and oxygen atoms in total. The molecule has 0 radical (unpaired) electrons. The van der Waals surface area contributed by atoms with Crippen molar-refractivity contribution in [2.75, 3.05) is 27.7 Å². The first kappa shape index (κ1) is 21.0. The zero-order chi connectivity index (χ0) is 19.8. The van der Waals surface area contributed by atoms with Gasteiger partial charge >= 0.3 is 0 Å². The summed E-state index contributed by atoms with van der Waals surface area (Å²) in [6, 6.07) is 12.5. The summed E-state index contributed by atoms with van der Waals surface area (Å²) in [7, 11) is 5.32. The second kappa shape index (κ2) is 10.1. The van der Waals surface area contributed by atoms with E-state index in [1.165, 1.54) is 9.75 Å². The van der Waals surface area contributed by atoms with Gasteiger partial charge in [-0.3, -0.25) is 9.79 Å². The standard InChI is InChI=1S/C21H30N4OS/c1-15(13-19-10-9-16(2)27-19)24-21(22-3)23-12-11-17-7-6-8-18(14-17)20(26)25(4)5/h6-10,14-15H,11-13H2,1-5H3,(H2,22,23,24). The second-order valence-electron chi connectivity index (χ2n) is 6.91. The van der Waals surface area contributed by atoms with Crippen molar-refractivity contribution in [2.45, 2.75) is 32.7 Å². The molecule has 0 bridgehead atoms. The first-order valence-electron chi connectivity index (χ1n) is 9.22. The van der Waals surface area contributed by atoms with E-state index in [-0.39, 0.29) is 5.91 Å². The number of thiophene rings is 1. The number of carbonyl (C=O) groups is 1. The molecule has 1 aromatic heterocycles. The van der Waals surface area contributed by atoms with Crippen LogP contribution in [0.25, 0.3) is 0 Å². The number of nitrogens with zero attached hydrogens (tertiary/aromatic N) is 2. The van der Waals surface area contributed by atoms with Gasteiger partial charge in [-0.1, -0.05) is 12.1 Å². The number of amides is 1. The Kier molecular flexibility index (Phi) is 7.85. The van der Waals surface area contributed by atoms with E-state index in [0.29, 0.717) is 6.04 Å².